The molecule has 0 aromatic carbocycles. The van der Waals surface area contributed by atoms with Crippen LogP contribution < -0.4 is 5.43 Å². The fraction of sp³-hybridized carbons (Fsp3) is 0.333. The molecule has 0 amide bonds. The molecule has 1 aromatic rings. The lowest BCUT2D eigenvalue weighted by Gasteiger charge is -2.06. The van der Waals surface area contributed by atoms with E-state index in [2.05, 4.69) is 0 Å². The number of carbonyl (C=O) groups excluding carboxylic acids is 1. The van der Waals surface area contributed by atoms with Crippen molar-refractivity contribution in [1.82, 2.24) is 4.57 Å². The normalized spacial score (nSPS) is 9.92. The molecule has 0 bridgehead atoms. The van der Waals surface area contributed by atoms with Gasteiger partial charge in [0.1, 0.15) is 0 Å². The minimum Gasteiger partial charge on any atom is -0.353 e. The summed E-state index contributed by atoms with van der Waals surface area (Å²) in [4.78, 5) is 21.9. The van der Waals surface area contributed by atoms with Crippen LogP contribution in [0.5, 0.6) is 0 Å². The summed E-state index contributed by atoms with van der Waals surface area (Å²) in [6, 6.07) is 0. The largest absolute Gasteiger partial charge is 0.353 e. The predicted octanol–water partition coefficient (Wildman–Crippen LogP) is 0.815. The van der Waals surface area contributed by atoms with Crippen molar-refractivity contribution in [3.05, 3.63) is 33.2 Å². The topological polar surface area (TPSA) is 39.1 Å². The number of carbonyl (C=O) groups is 1. The lowest BCUT2D eigenvalue weighted by atomic mass is 10.1. The van der Waals surface area contributed by atoms with Gasteiger partial charge in [-0.3, -0.25) is 9.59 Å². The summed E-state index contributed by atoms with van der Waals surface area (Å²) in [5.74, 6) is 0. The fourth-order valence-corrected chi connectivity index (χ4v) is 1.15. The second-order valence-corrected chi connectivity index (χ2v) is 2.87. The van der Waals surface area contributed by atoms with Crippen LogP contribution in [0, 0.1) is 13.8 Å². The van der Waals surface area contributed by atoms with Crippen LogP contribution in [0.3, 0.4) is 0 Å². The number of aromatic nitrogens is 1. The Morgan fingerprint density at radius 3 is 2.50 bits per heavy atom. The van der Waals surface area contributed by atoms with E-state index >= 15 is 0 Å². The summed E-state index contributed by atoms with van der Waals surface area (Å²) in [6.07, 6.45) is 2.34. The Morgan fingerprint density at radius 2 is 2.00 bits per heavy atom. The zero-order valence-electron chi connectivity index (χ0n) is 7.42. The molecular formula is C9H11NO2. The van der Waals surface area contributed by atoms with Crippen molar-refractivity contribution in [2.24, 2.45) is 7.05 Å². The molecule has 0 fully saturated rings. The smallest absolute Gasteiger partial charge is 0.195 e. The van der Waals surface area contributed by atoms with Crippen LogP contribution in [0.4, 0.5) is 0 Å². The molecule has 0 aliphatic carbocycles. The maximum atomic E-state index is 11.3. The summed E-state index contributed by atoms with van der Waals surface area (Å²) in [5.41, 5.74) is 1.41. The van der Waals surface area contributed by atoms with Gasteiger partial charge in [-0.15, -0.1) is 0 Å². The Bertz CT molecular complexity index is 377. The second kappa shape index (κ2) is 2.93. The summed E-state index contributed by atoms with van der Waals surface area (Å²) in [6.45, 7) is 3.46. The maximum absolute atomic E-state index is 11.3. The molecule has 3 nitrogen and oxygen atoms in total. The first-order chi connectivity index (χ1) is 5.57. The molecule has 0 N–H and O–H groups in total. The minimum atomic E-state index is -0.166. The van der Waals surface area contributed by atoms with E-state index in [4.69, 9.17) is 0 Å². The van der Waals surface area contributed by atoms with Gasteiger partial charge in [0.15, 0.2) is 11.7 Å². The van der Waals surface area contributed by atoms with Crippen LogP contribution in [-0.4, -0.2) is 10.9 Å². The molecule has 0 atom stereocenters. The molecule has 12 heavy (non-hydrogen) atoms. The van der Waals surface area contributed by atoms with Crippen LogP contribution in [0.2, 0.25) is 0 Å². The Kier molecular flexibility index (Phi) is 2.13. The lowest BCUT2D eigenvalue weighted by Crippen LogP contribution is -2.17. The number of hydrogen-bond donors (Lipinski definition) is 0. The van der Waals surface area contributed by atoms with Gasteiger partial charge in [-0.1, -0.05) is 0 Å². The Hall–Kier alpha value is -1.38. The molecule has 0 saturated heterocycles. The number of pyridine rings is 1. The molecule has 0 unspecified atom stereocenters. The third-order valence-corrected chi connectivity index (χ3v) is 2.03. The van der Waals surface area contributed by atoms with Gasteiger partial charge in [0, 0.05) is 24.5 Å². The third-order valence-electron chi connectivity index (χ3n) is 2.03. The molecule has 1 heterocycles. The average Bonchev–Trinajstić information content (AvgIpc) is 2.02. The van der Waals surface area contributed by atoms with Crippen molar-refractivity contribution in [2.75, 3.05) is 0 Å². The maximum Gasteiger partial charge on any atom is 0.195 e. The van der Waals surface area contributed by atoms with Crippen molar-refractivity contribution < 1.29 is 4.79 Å². The van der Waals surface area contributed by atoms with E-state index in [1.807, 2.05) is 7.05 Å². The molecule has 0 radical (unpaired) electrons. The highest BCUT2D eigenvalue weighted by atomic mass is 16.1. The van der Waals surface area contributed by atoms with Crippen molar-refractivity contribution in [1.29, 1.82) is 0 Å². The first kappa shape index (κ1) is 8.71. The Balaban J connectivity index is 3.64. The van der Waals surface area contributed by atoms with Gasteiger partial charge in [-0.2, -0.15) is 0 Å². The molecule has 0 saturated carbocycles. The van der Waals surface area contributed by atoms with Crippen molar-refractivity contribution in [3.63, 3.8) is 0 Å². The van der Waals surface area contributed by atoms with Gasteiger partial charge in [-0.05, 0) is 13.8 Å². The number of aryl methyl sites for hydroxylation is 2. The van der Waals surface area contributed by atoms with E-state index in [0.29, 0.717) is 17.5 Å². The molecular weight excluding hydrogens is 154 g/mol. The van der Waals surface area contributed by atoms with E-state index in [1.54, 1.807) is 24.6 Å². The van der Waals surface area contributed by atoms with Crippen LogP contribution in [0.1, 0.15) is 21.6 Å². The summed E-state index contributed by atoms with van der Waals surface area (Å²) in [7, 11) is 1.81. The third kappa shape index (κ3) is 1.18. The Morgan fingerprint density at radius 1 is 1.42 bits per heavy atom. The molecule has 64 valence electrons. The van der Waals surface area contributed by atoms with E-state index in [1.165, 1.54) is 0 Å². The van der Waals surface area contributed by atoms with E-state index in [-0.39, 0.29) is 11.0 Å². The second-order valence-electron chi connectivity index (χ2n) is 2.87. The zero-order valence-corrected chi connectivity index (χ0v) is 7.42. The SMILES string of the molecule is Cc1cn(C)c(C)c(C=O)c1=O. The highest BCUT2D eigenvalue weighted by Crippen LogP contribution is 2.00. The van der Waals surface area contributed by atoms with Gasteiger partial charge < -0.3 is 4.57 Å². The molecule has 0 spiro atoms. The molecule has 1 rings (SSSR count). The van der Waals surface area contributed by atoms with Gasteiger partial charge in [0.05, 0.1) is 5.56 Å². The first-order valence-corrected chi connectivity index (χ1v) is 3.70. The van der Waals surface area contributed by atoms with Crippen molar-refractivity contribution >= 4 is 6.29 Å². The van der Waals surface area contributed by atoms with Gasteiger partial charge in [-0.25, -0.2) is 0 Å². The van der Waals surface area contributed by atoms with Crippen LogP contribution >= 0.6 is 0 Å². The highest BCUT2D eigenvalue weighted by Gasteiger charge is 2.06. The average molecular weight is 165 g/mol. The van der Waals surface area contributed by atoms with Crippen molar-refractivity contribution in [2.45, 2.75) is 13.8 Å². The van der Waals surface area contributed by atoms with Gasteiger partial charge in [0.2, 0.25) is 0 Å². The molecule has 0 aliphatic rings. The van der Waals surface area contributed by atoms with E-state index in [9.17, 15) is 9.59 Å². The van der Waals surface area contributed by atoms with Crippen LogP contribution in [0.25, 0.3) is 0 Å². The number of aldehydes is 1. The molecule has 3 heteroatoms. The Labute approximate surface area is 70.6 Å². The monoisotopic (exact) mass is 165 g/mol. The number of rotatable bonds is 1. The lowest BCUT2D eigenvalue weighted by molar-refractivity contribution is 0.112. The van der Waals surface area contributed by atoms with Crippen LogP contribution in [-0.2, 0) is 7.05 Å². The molecule has 1 aromatic heterocycles. The van der Waals surface area contributed by atoms with Gasteiger partial charge in [0.25, 0.3) is 0 Å². The number of hydrogen-bond acceptors (Lipinski definition) is 2. The summed E-state index contributed by atoms with van der Waals surface area (Å²) in [5, 5.41) is 0. The predicted molar refractivity (Wildman–Crippen MR) is 46.5 cm³/mol. The highest BCUT2D eigenvalue weighted by molar-refractivity contribution is 5.76. The van der Waals surface area contributed by atoms with Gasteiger partial charge >= 0.3 is 0 Å². The summed E-state index contributed by atoms with van der Waals surface area (Å²) < 4.78 is 1.78. The van der Waals surface area contributed by atoms with E-state index < -0.39 is 0 Å². The minimum absolute atomic E-state index is 0.166. The number of nitrogens with zero attached hydrogens (tertiary/aromatic N) is 1. The standard InChI is InChI=1S/C9H11NO2/c1-6-4-10(3)7(2)8(5-11)9(6)12/h4-5H,1-3H3. The van der Waals surface area contributed by atoms with E-state index in [0.717, 1.165) is 0 Å². The first-order valence-electron chi connectivity index (χ1n) is 3.70. The fourth-order valence-electron chi connectivity index (χ4n) is 1.15. The summed E-state index contributed by atoms with van der Waals surface area (Å²) >= 11 is 0. The quantitative estimate of drug-likeness (QED) is 0.578. The van der Waals surface area contributed by atoms with Crippen molar-refractivity contribution in [3.8, 4) is 0 Å². The van der Waals surface area contributed by atoms with Crippen LogP contribution in [0.15, 0.2) is 11.0 Å². The molecule has 0 aliphatic heterocycles. The zero-order chi connectivity index (χ0) is 9.30.